The molecule has 6 heteroatoms. The molecule has 0 bridgehead atoms. The van der Waals surface area contributed by atoms with E-state index in [9.17, 15) is 4.79 Å². The van der Waals surface area contributed by atoms with Gasteiger partial charge in [-0.25, -0.2) is 4.99 Å². The monoisotopic (exact) mass is 373 g/mol. The number of rotatable bonds is 6. The molecule has 2 heterocycles. The summed E-state index contributed by atoms with van der Waals surface area (Å²) >= 11 is 0. The molecule has 0 atom stereocenters. The van der Waals surface area contributed by atoms with Gasteiger partial charge in [-0.3, -0.25) is 10.2 Å². The number of nitrogens with zero attached hydrogens (tertiary/aromatic N) is 2. The van der Waals surface area contributed by atoms with E-state index >= 15 is 0 Å². The van der Waals surface area contributed by atoms with Gasteiger partial charge in [0.2, 0.25) is 0 Å². The van der Waals surface area contributed by atoms with Crippen molar-refractivity contribution in [2.75, 3.05) is 12.5 Å². The average Bonchev–Trinajstić information content (AvgIpc) is 3.37. The van der Waals surface area contributed by atoms with Gasteiger partial charge in [0.1, 0.15) is 17.2 Å². The van der Waals surface area contributed by atoms with Crippen LogP contribution in [-0.4, -0.2) is 23.9 Å². The van der Waals surface area contributed by atoms with Crippen molar-refractivity contribution in [3.05, 3.63) is 96.1 Å². The van der Waals surface area contributed by atoms with E-state index in [4.69, 9.17) is 9.15 Å². The molecule has 0 unspecified atom stereocenters. The first kappa shape index (κ1) is 17.6. The molecular weight excluding hydrogens is 354 g/mol. The first-order chi connectivity index (χ1) is 13.7. The second kappa shape index (κ2) is 7.84. The van der Waals surface area contributed by atoms with Gasteiger partial charge in [0.05, 0.1) is 19.1 Å². The number of hydrazine groups is 1. The summed E-state index contributed by atoms with van der Waals surface area (Å²) in [4.78, 5) is 17.6. The minimum absolute atomic E-state index is 0.221. The van der Waals surface area contributed by atoms with Gasteiger partial charge in [-0.15, -0.1) is 0 Å². The Hall–Kier alpha value is -3.80. The second-order valence-electron chi connectivity index (χ2n) is 6.16. The molecule has 1 N–H and O–H groups in total. The maximum atomic E-state index is 13.0. The fraction of sp³-hybridized carbons (Fsp3) is 0.0909. The van der Waals surface area contributed by atoms with Gasteiger partial charge in [0, 0.05) is 12.0 Å². The number of anilines is 1. The number of amides is 1. The van der Waals surface area contributed by atoms with Crippen LogP contribution >= 0.6 is 0 Å². The zero-order valence-corrected chi connectivity index (χ0v) is 15.3. The van der Waals surface area contributed by atoms with E-state index in [0.29, 0.717) is 18.0 Å². The quantitative estimate of drug-likeness (QED) is 0.663. The van der Waals surface area contributed by atoms with Crippen molar-refractivity contribution in [2.24, 2.45) is 4.99 Å². The Morgan fingerprint density at radius 3 is 2.54 bits per heavy atom. The van der Waals surface area contributed by atoms with Crippen LogP contribution in [0.4, 0.5) is 5.69 Å². The Balaban J connectivity index is 1.63. The van der Waals surface area contributed by atoms with Crippen LogP contribution in [0.3, 0.4) is 0 Å². The Labute approximate surface area is 162 Å². The van der Waals surface area contributed by atoms with Crippen molar-refractivity contribution in [3.8, 4) is 5.75 Å². The number of ether oxygens (including phenoxy) is 1. The molecule has 0 saturated carbocycles. The van der Waals surface area contributed by atoms with E-state index in [-0.39, 0.29) is 5.91 Å². The van der Waals surface area contributed by atoms with Gasteiger partial charge >= 0.3 is 0 Å². The molecule has 2 aromatic carbocycles. The van der Waals surface area contributed by atoms with Crippen LogP contribution in [0.2, 0.25) is 0 Å². The molecule has 1 aromatic heterocycles. The van der Waals surface area contributed by atoms with Crippen LogP contribution in [-0.2, 0) is 11.2 Å². The van der Waals surface area contributed by atoms with Crippen LogP contribution in [0.5, 0.6) is 5.75 Å². The highest BCUT2D eigenvalue weighted by Crippen LogP contribution is 2.23. The maximum Gasteiger partial charge on any atom is 0.296 e. The molecule has 4 rings (SSSR count). The smallest absolute Gasteiger partial charge is 0.296 e. The highest BCUT2D eigenvalue weighted by molar-refractivity contribution is 6.18. The number of furan rings is 1. The van der Waals surface area contributed by atoms with Gasteiger partial charge in [0.15, 0.2) is 5.84 Å². The Morgan fingerprint density at radius 2 is 1.86 bits per heavy atom. The first-order valence-electron chi connectivity index (χ1n) is 8.86. The number of allylic oxidation sites excluding steroid dienone is 1. The summed E-state index contributed by atoms with van der Waals surface area (Å²) in [6, 6.07) is 20.6. The lowest BCUT2D eigenvalue weighted by atomic mass is 10.2. The number of carbonyl (C=O) groups excluding carboxylic acids is 1. The standard InChI is InChI=1S/C22H19N3O3/c1-27-18-11-9-17(10-12-18)24-25-21(16-6-3-2-4-7-16)23-20(22(25)26)14-13-19-8-5-15-28-19/h2-12,14-15,24H,13H2,1H3/b20-14-. The molecule has 0 aliphatic carbocycles. The minimum atomic E-state index is -0.221. The Bertz CT molecular complexity index is 1010. The summed E-state index contributed by atoms with van der Waals surface area (Å²) in [5.41, 5.74) is 5.12. The topological polar surface area (TPSA) is 67.1 Å². The summed E-state index contributed by atoms with van der Waals surface area (Å²) in [7, 11) is 1.61. The summed E-state index contributed by atoms with van der Waals surface area (Å²) < 4.78 is 10.5. The molecule has 1 amide bonds. The fourth-order valence-electron chi connectivity index (χ4n) is 2.86. The van der Waals surface area contributed by atoms with Crippen molar-refractivity contribution in [1.82, 2.24) is 5.01 Å². The minimum Gasteiger partial charge on any atom is -0.497 e. The molecule has 0 saturated heterocycles. The van der Waals surface area contributed by atoms with E-state index in [2.05, 4.69) is 10.4 Å². The molecule has 3 aromatic rings. The summed E-state index contributed by atoms with van der Waals surface area (Å²) in [5.74, 6) is 1.85. The SMILES string of the molecule is COc1ccc(NN2C(=O)/C(=C/Cc3ccco3)N=C2c2ccccc2)cc1. The van der Waals surface area contributed by atoms with E-state index in [1.54, 1.807) is 19.4 Å². The van der Waals surface area contributed by atoms with Gasteiger partial charge in [0.25, 0.3) is 5.91 Å². The highest BCUT2D eigenvalue weighted by Gasteiger charge is 2.31. The fourth-order valence-corrected chi connectivity index (χ4v) is 2.86. The number of carbonyl (C=O) groups is 1. The largest absolute Gasteiger partial charge is 0.497 e. The van der Waals surface area contributed by atoms with E-state index in [0.717, 1.165) is 22.8 Å². The van der Waals surface area contributed by atoms with Crippen LogP contribution in [0.1, 0.15) is 11.3 Å². The Morgan fingerprint density at radius 1 is 1.07 bits per heavy atom. The van der Waals surface area contributed by atoms with Crippen molar-refractivity contribution < 1.29 is 13.9 Å². The molecule has 1 aliphatic heterocycles. The van der Waals surface area contributed by atoms with Crippen LogP contribution < -0.4 is 10.2 Å². The zero-order valence-electron chi connectivity index (χ0n) is 15.3. The summed E-state index contributed by atoms with van der Waals surface area (Å²) in [5, 5.41) is 1.46. The average molecular weight is 373 g/mol. The summed E-state index contributed by atoms with van der Waals surface area (Å²) in [6.45, 7) is 0. The number of hydrogen-bond donors (Lipinski definition) is 1. The maximum absolute atomic E-state index is 13.0. The Kier molecular flexibility index (Phi) is 4.93. The molecule has 0 radical (unpaired) electrons. The lowest BCUT2D eigenvalue weighted by Crippen LogP contribution is -2.37. The molecule has 0 spiro atoms. The van der Waals surface area contributed by atoms with Crippen molar-refractivity contribution in [2.45, 2.75) is 6.42 Å². The van der Waals surface area contributed by atoms with Crippen LogP contribution in [0.25, 0.3) is 0 Å². The molecule has 140 valence electrons. The van der Waals surface area contributed by atoms with E-state index in [1.165, 1.54) is 5.01 Å². The predicted molar refractivity (Wildman–Crippen MR) is 107 cm³/mol. The number of nitrogens with one attached hydrogen (secondary N) is 1. The second-order valence-corrected chi connectivity index (χ2v) is 6.16. The van der Waals surface area contributed by atoms with Gasteiger partial charge in [-0.05, 0) is 42.5 Å². The van der Waals surface area contributed by atoms with Crippen molar-refractivity contribution in [3.63, 3.8) is 0 Å². The van der Waals surface area contributed by atoms with Crippen LogP contribution in [0, 0.1) is 0 Å². The molecule has 28 heavy (non-hydrogen) atoms. The first-order valence-corrected chi connectivity index (χ1v) is 8.86. The number of aliphatic imine (C=N–C) groups is 1. The van der Waals surface area contributed by atoms with Gasteiger partial charge in [-0.1, -0.05) is 30.3 Å². The molecular formula is C22H19N3O3. The van der Waals surface area contributed by atoms with Gasteiger partial charge < -0.3 is 9.15 Å². The summed E-state index contributed by atoms with van der Waals surface area (Å²) in [6.07, 6.45) is 3.89. The van der Waals surface area contributed by atoms with Crippen molar-refractivity contribution >= 4 is 17.4 Å². The molecule has 0 fully saturated rings. The lowest BCUT2D eigenvalue weighted by Gasteiger charge is -2.20. The van der Waals surface area contributed by atoms with Gasteiger partial charge in [-0.2, -0.15) is 5.01 Å². The zero-order chi connectivity index (χ0) is 19.3. The molecule has 1 aliphatic rings. The van der Waals surface area contributed by atoms with E-state index in [1.807, 2.05) is 66.7 Å². The van der Waals surface area contributed by atoms with E-state index < -0.39 is 0 Å². The third-order valence-corrected chi connectivity index (χ3v) is 4.30. The van der Waals surface area contributed by atoms with Crippen LogP contribution in [0.15, 0.2) is 94.2 Å². The lowest BCUT2D eigenvalue weighted by molar-refractivity contribution is -0.121. The van der Waals surface area contributed by atoms with Crippen molar-refractivity contribution in [1.29, 1.82) is 0 Å². The molecule has 6 nitrogen and oxygen atoms in total. The number of hydrogen-bond acceptors (Lipinski definition) is 5. The third-order valence-electron chi connectivity index (χ3n) is 4.30. The number of amidine groups is 1. The predicted octanol–water partition coefficient (Wildman–Crippen LogP) is 4.03. The number of benzene rings is 2. The normalized spacial score (nSPS) is 15.0. The number of methoxy groups -OCH3 is 1. The third kappa shape index (κ3) is 3.66. The highest BCUT2D eigenvalue weighted by atomic mass is 16.5.